The monoisotopic (exact) mass is 325 g/mol. The van der Waals surface area contributed by atoms with Gasteiger partial charge in [-0.05, 0) is 49.7 Å². The van der Waals surface area contributed by atoms with Crippen LogP contribution in [0.5, 0.6) is 0 Å². The summed E-state index contributed by atoms with van der Waals surface area (Å²) in [5.74, 6) is -0.130. The third-order valence-electron chi connectivity index (χ3n) is 3.64. The van der Waals surface area contributed by atoms with Crippen molar-refractivity contribution < 1.29 is 9.59 Å². The van der Waals surface area contributed by atoms with E-state index in [-0.39, 0.29) is 11.7 Å². The van der Waals surface area contributed by atoms with Gasteiger partial charge in [-0.15, -0.1) is 0 Å². The van der Waals surface area contributed by atoms with E-state index >= 15 is 0 Å². The highest BCUT2D eigenvalue weighted by Crippen LogP contribution is 2.17. The molecule has 126 valence electrons. The van der Waals surface area contributed by atoms with Crippen LogP contribution in [0.4, 0.5) is 11.4 Å². The molecule has 0 atom stereocenters. The minimum atomic E-state index is -0.165. The zero-order valence-corrected chi connectivity index (χ0v) is 14.1. The van der Waals surface area contributed by atoms with Crippen molar-refractivity contribution in [1.29, 1.82) is 0 Å². The van der Waals surface area contributed by atoms with E-state index < -0.39 is 0 Å². The fraction of sp³-hybridized carbons (Fsp3) is 0.316. The number of ketones is 1. The Labute approximate surface area is 142 Å². The quantitative estimate of drug-likeness (QED) is 0.569. The summed E-state index contributed by atoms with van der Waals surface area (Å²) < 4.78 is 0. The molecule has 0 aliphatic rings. The number of anilines is 2. The van der Waals surface area contributed by atoms with Crippen molar-refractivity contribution in [2.75, 3.05) is 11.9 Å². The summed E-state index contributed by atoms with van der Waals surface area (Å²) >= 11 is 0. The number of carbonyl (C=O) groups excluding carboxylic acids is 2. The van der Waals surface area contributed by atoms with Gasteiger partial charge in [0.2, 0.25) is 0 Å². The van der Waals surface area contributed by atoms with Crippen LogP contribution in [0.3, 0.4) is 0 Å². The third-order valence-corrected chi connectivity index (χ3v) is 3.64. The highest BCUT2D eigenvalue weighted by atomic mass is 16.1. The maximum atomic E-state index is 12.1. The first-order valence-electron chi connectivity index (χ1n) is 8.22. The molecule has 1 aromatic heterocycles. The molecule has 5 heteroatoms. The van der Waals surface area contributed by atoms with Crippen LogP contribution >= 0.6 is 0 Å². The molecule has 2 aromatic rings. The Morgan fingerprint density at radius 2 is 1.79 bits per heavy atom. The van der Waals surface area contributed by atoms with Crippen LogP contribution in [0.15, 0.2) is 42.6 Å². The van der Waals surface area contributed by atoms with Gasteiger partial charge in [-0.1, -0.05) is 19.8 Å². The molecule has 0 spiro atoms. The summed E-state index contributed by atoms with van der Waals surface area (Å²) in [6, 6.07) is 10.7. The molecular formula is C19H23N3O2. The largest absolute Gasteiger partial charge is 0.355 e. The lowest BCUT2D eigenvalue weighted by Crippen LogP contribution is -2.25. The minimum absolute atomic E-state index is 0.0347. The standard InChI is InChI=1S/C19H23N3O2/c1-3-4-5-11-21-19(24)18-13-17(10-12-20-18)22-16-8-6-15(7-9-16)14(2)23/h6-10,12-13H,3-5,11H2,1-2H3,(H,20,22)(H,21,24). The Bertz CT molecular complexity index is 696. The molecule has 0 bridgehead atoms. The van der Waals surface area contributed by atoms with Crippen LogP contribution in [-0.4, -0.2) is 23.2 Å². The second-order valence-electron chi connectivity index (χ2n) is 5.65. The van der Waals surface area contributed by atoms with E-state index in [1.165, 1.54) is 6.92 Å². The minimum Gasteiger partial charge on any atom is -0.355 e. The van der Waals surface area contributed by atoms with Crippen molar-refractivity contribution in [1.82, 2.24) is 10.3 Å². The van der Waals surface area contributed by atoms with Crippen molar-refractivity contribution >= 4 is 23.1 Å². The fourth-order valence-corrected chi connectivity index (χ4v) is 2.25. The van der Waals surface area contributed by atoms with E-state index in [9.17, 15) is 9.59 Å². The van der Waals surface area contributed by atoms with Crippen molar-refractivity contribution in [3.8, 4) is 0 Å². The highest BCUT2D eigenvalue weighted by Gasteiger charge is 2.07. The van der Waals surface area contributed by atoms with Gasteiger partial charge in [-0.2, -0.15) is 0 Å². The van der Waals surface area contributed by atoms with Crippen LogP contribution < -0.4 is 10.6 Å². The average Bonchev–Trinajstić information content (AvgIpc) is 2.59. The molecule has 24 heavy (non-hydrogen) atoms. The summed E-state index contributed by atoms with van der Waals surface area (Å²) in [4.78, 5) is 27.5. The first kappa shape index (κ1) is 17.7. The molecule has 0 aliphatic heterocycles. The van der Waals surface area contributed by atoms with Crippen LogP contribution in [0.1, 0.15) is 54.0 Å². The molecule has 0 saturated carbocycles. The molecule has 0 aliphatic carbocycles. The smallest absolute Gasteiger partial charge is 0.269 e. The number of pyridine rings is 1. The molecule has 2 N–H and O–H groups in total. The molecule has 1 heterocycles. The van der Waals surface area contributed by atoms with Crippen molar-refractivity contribution in [2.45, 2.75) is 33.1 Å². The molecule has 5 nitrogen and oxygen atoms in total. The van der Waals surface area contributed by atoms with Gasteiger partial charge < -0.3 is 10.6 Å². The predicted octanol–water partition coefficient (Wildman–Crippen LogP) is 3.95. The second-order valence-corrected chi connectivity index (χ2v) is 5.65. The molecular weight excluding hydrogens is 302 g/mol. The number of unbranched alkanes of at least 4 members (excludes halogenated alkanes) is 2. The van der Waals surface area contributed by atoms with Gasteiger partial charge >= 0.3 is 0 Å². The summed E-state index contributed by atoms with van der Waals surface area (Å²) in [5, 5.41) is 6.09. The summed E-state index contributed by atoms with van der Waals surface area (Å²) in [6.07, 6.45) is 4.80. The third kappa shape index (κ3) is 5.19. The van der Waals surface area contributed by atoms with Crippen LogP contribution in [-0.2, 0) is 0 Å². The molecule has 1 amide bonds. The summed E-state index contributed by atoms with van der Waals surface area (Å²) in [7, 11) is 0. The number of nitrogens with zero attached hydrogens (tertiary/aromatic N) is 1. The van der Waals surface area contributed by atoms with E-state index in [4.69, 9.17) is 0 Å². The zero-order chi connectivity index (χ0) is 17.4. The molecule has 0 saturated heterocycles. The number of nitrogens with one attached hydrogen (secondary N) is 2. The highest BCUT2D eigenvalue weighted by molar-refractivity contribution is 5.94. The van der Waals surface area contributed by atoms with Crippen LogP contribution in [0.2, 0.25) is 0 Å². The number of hydrogen-bond acceptors (Lipinski definition) is 4. The van der Waals surface area contributed by atoms with Gasteiger partial charge in [0, 0.05) is 29.7 Å². The van der Waals surface area contributed by atoms with Crippen LogP contribution in [0.25, 0.3) is 0 Å². The Kier molecular flexibility index (Phi) is 6.49. The summed E-state index contributed by atoms with van der Waals surface area (Å²) in [6.45, 7) is 4.33. The molecule has 1 aromatic carbocycles. The lowest BCUT2D eigenvalue weighted by Gasteiger charge is -2.09. The summed E-state index contributed by atoms with van der Waals surface area (Å²) in [5.41, 5.74) is 2.68. The number of carbonyl (C=O) groups is 2. The lowest BCUT2D eigenvalue weighted by molar-refractivity contribution is 0.0947. The van der Waals surface area contributed by atoms with E-state index in [1.807, 2.05) is 12.1 Å². The number of amides is 1. The van der Waals surface area contributed by atoms with Gasteiger partial charge in [0.1, 0.15) is 5.69 Å². The van der Waals surface area contributed by atoms with Crippen molar-refractivity contribution in [2.24, 2.45) is 0 Å². The first-order chi connectivity index (χ1) is 11.6. The predicted molar refractivity (Wildman–Crippen MR) is 95.8 cm³/mol. The van der Waals surface area contributed by atoms with Gasteiger partial charge in [0.25, 0.3) is 5.91 Å². The van der Waals surface area contributed by atoms with Crippen molar-refractivity contribution in [3.05, 3.63) is 53.9 Å². The number of aromatic nitrogens is 1. The second kappa shape index (κ2) is 8.82. The molecule has 0 fully saturated rings. The number of rotatable bonds is 8. The number of Topliss-reactive ketones (excluding diaryl/α,β-unsaturated/α-hetero) is 1. The van der Waals surface area contributed by atoms with Crippen LogP contribution in [0, 0.1) is 0 Å². The Morgan fingerprint density at radius 1 is 1.04 bits per heavy atom. The maximum absolute atomic E-state index is 12.1. The first-order valence-corrected chi connectivity index (χ1v) is 8.22. The van der Waals surface area contributed by atoms with Gasteiger partial charge in [-0.25, -0.2) is 0 Å². The van der Waals surface area contributed by atoms with E-state index in [1.54, 1.807) is 30.5 Å². The Morgan fingerprint density at radius 3 is 2.46 bits per heavy atom. The molecule has 0 radical (unpaired) electrons. The Balaban J connectivity index is 1.99. The van der Waals surface area contributed by atoms with E-state index in [0.29, 0.717) is 17.8 Å². The fourth-order valence-electron chi connectivity index (χ4n) is 2.25. The maximum Gasteiger partial charge on any atom is 0.269 e. The Hall–Kier alpha value is -2.69. The van der Waals surface area contributed by atoms with E-state index in [2.05, 4.69) is 22.5 Å². The van der Waals surface area contributed by atoms with Gasteiger partial charge in [0.05, 0.1) is 0 Å². The SMILES string of the molecule is CCCCCNC(=O)c1cc(Nc2ccc(C(C)=O)cc2)ccn1. The molecule has 0 unspecified atom stereocenters. The van der Waals surface area contributed by atoms with E-state index in [0.717, 1.165) is 30.6 Å². The van der Waals surface area contributed by atoms with Crippen molar-refractivity contribution in [3.63, 3.8) is 0 Å². The average molecular weight is 325 g/mol. The lowest BCUT2D eigenvalue weighted by atomic mass is 10.1. The van der Waals surface area contributed by atoms with Gasteiger partial charge in [-0.3, -0.25) is 14.6 Å². The normalized spacial score (nSPS) is 10.2. The topological polar surface area (TPSA) is 71.1 Å². The molecule has 2 rings (SSSR count). The number of hydrogen-bond donors (Lipinski definition) is 2. The van der Waals surface area contributed by atoms with Gasteiger partial charge in [0.15, 0.2) is 5.78 Å². The zero-order valence-electron chi connectivity index (χ0n) is 14.1. The number of benzene rings is 1.